The van der Waals surface area contributed by atoms with Crippen molar-refractivity contribution in [2.75, 3.05) is 0 Å². The summed E-state index contributed by atoms with van der Waals surface area (Å²) >= 11 is 1.81. The molecule has 6 aromatic carbocycles. The van der Waals surface area contributed by atoms with E-state index in [0.717, 1.165) is 45.1 Å². The van der Waals surface area contributed by atoms with E-state index in [2.05, 4.69) is 150 Å². The average molecular weight is 580 g/mol. The third-order valence-electron chi connectivity index (χ3n) is 8.43. The Morgan fingerprint density at radius 3 is 1.98 bits per heavy atom. The summed E-state index contributed by atoms with van der Waals surface area (Å²) in [6.07, 6.45) is 0. The van der Waals surface area contributed by atoms with Crippen molar-refractivity contribution in [1.29, 1.82) is 0 Å². The topological polar surface area (TPSA) is 30.7 Å². The third-order valence-corrected chi connectivity index (χ3v) is 9.65. The SMILES string of the molecule is c1ccc(-c2cc(-c3cccc4c3c3ccccc3n4-c3ccccc3)nc(-c3cccc4c3sc3ccccc34)n2)cc1. The van der Waals surface area contributed by atoms with Gasteiger partial charge in [-0.2, -0.15) is 0 Å². The van der Waals surface area contributed by atoms with Crippen LogP contribution >= 0.6 is 11.3 Å². The van der Waals surface area contributed by atoms with E-state index in [-0.39, 0.29) is 0 Å². The largest absolute Gasteiger partial charge is 0.309 e. The van der Waals surface area contributed by atoms with Crippen LogP contribution in [0.15, 0.2) is 152 Å². The van der Waals surface area contributed by atoms with E-state index in [1.165, 1.54) is 36.5 Å². The molecule has 3 aromatic heterocycles. The van der Waals surface area contributed by atoms with Crippen LogP contribution in [-0.4, -0.2) is 14.5 Å². The standard InChI is InChI=1S/C40H25N3S/c1-3-13-26(14-4-1)33-25-34(42-40(41-33)32-21-11-19-29-28-17-8-10-24-37(28)44-39(29)32)30-20-12-23-36-38(30)31-18-7-9-22-35(31)43(36)27-15-5-2-6-16-27/h1-25H. The van der Waals surface area contributed by atoms with Crippen LogP contribution in [0.5, 0.6) is 0 Å². The van der Waals surface area contributed by atoms with Gasteiger partial charge in [0, 0.05) is 53.3 Å². The Bertz CT molecular complexity index is 2490. The first kappa shape index (κ1) is 25.0. The Kier molecular flexibility index (Phi) is 5.68. The molecule has 0 fully saturated rings. The van der Waals surface area contributed by atoms with E-state index < -0.39 is 0 Å². The van der Waals surface area contributed by atoms with Crippen LogP contribution in [0, 0.1) is 0 Å². The van der Waals surface area contributed by atoms with Crippen LogP contribution < -0.4 is 0 Å². The molecule has 0 amide bonds. The molecule has 0 saturated carbocycles. The van der Waals surface area contributed by atoms with E-state index in [4.69, 9.17) is 9.97 Å². The Morgan fingerprint density at radius 1 is 0.477 bits per heavy atom. The lowest BCUT2D eigenvalue weighted by molar-refractivity contribution is 1.18. The van der Waals surface area contributed by atoms with Gasteiger partial charge in [0.15, 0.2) is 5.82 Å². The molecule has 3 nitrogen and oxygen atoms in total. The molecule has 0 saturated heterocycles. The summed E-state index contributed by atoms with van der Waals surface area (Å²) in [7, 11) is 0. The van der Waals surface area contributed by atoms with Gasteiger partial charge < -0.3 is 4.57 Å². The molecule has 0 unspecified atom stereocenters. The van der Waals surface area contributed by atoms with Gasteiger partial charge >= 0.3 is 0 Å². The number of hydrogen-bond donors (Lipinski definition) is 0. The van der Waals surface area contributed by atoms with Crippen LogP contribution in [-0.2, 0) is 0 Å². The lowest BCUT2D eigenvalue weighted by Gasteiger charge is -2.12. The van der Waals surface area contributed by atoms with Crippen molar-refractivity contribution in [1.82, 2.24) is 14.5 Å². The van der Waals surface area contributed by atoms with Crippen molar-refractivity contribution in [2.24, 2.45) is 0 Å². The number of para-hydroxylation sites is 2. The van der Waals surface area contributed by atoms with Crippen molar-refractivity contribution in [3.8, 4) is 39.6 Å². The summed E-state index contributed by atoms with van der Waals surface area (Å²) in [5.41, 5.74) is 8.51. The number of benzene rings is 6. The monoisotopic (exact) mass is 579 g/mol. The molecule has 9 aromatic rings. The van der Waals surface area contributed by atoms with Crippen LogP contribution in [0.1, 0.15) is 0 Å². The van der Waals surface area contributed by atoms with Gasteiger partial charge in [-0.3, -0.25) is 0 Å². The molecular weight excluding hydrogens is 555 g/mol. The normalized spacial score (nSPS) is 11.6. The molecule has 0 aliphatic carbocycles. The van der Waals surface area contributed by atoms with Crippen LogP contribution in [0.3, 0.4) is 0 Å². The smallest absolute Gasteiger partial charge is 0.161 e. The first-order chi connectivity index (χ1) is 21.8. The average Bonchev–Trinajstić information content (AvgIpc) is 3.65. The molecule has 0 aliphatic heterocycles. The maximum absolute atomic E-state index is 5.34. The fraction of sp³-hybridized carbons (Fsp3) is 0. The zero-order valence-corrected chi connectivity index (χ0v) is 24.5. The highest BCUT2D eigenvalue weighted by atomic mass is 32.1. The highest BCUT2D eigenvalue weighted by molar-refractivity contribution is 7.26. The zero-order chi connectivity index (χ0) is 29.0. The maximum Gasteiger partial charge on any atom is 0.161 e. The van der Waals surface area contributed by atoms with Gasteiger partial charge in [-0.1, -0.05) is 109 Å². The van der Waals surface area contributed by atoms with E-state index in [0.29, 0.717) is 0 Å². The number of aromatic nitrogens is 3. The summed E-state index contributed by atoms with van der Waals surface area (Å²) in [6, 6.07) is 53.5. The fourth-order valence-electron chi connectivity index (χ4n) is 6.47. The van der Waals surface area contributed by atoms with Crippen molar-refractivity contribution >= 4 is 53.3 Å². The minimum absolute atomic E-state index is 0.738. The minimum Gasteiger partial charge on any atom is -0.309 e. The highest BCUT2D eigenvalue weighted by Gasteiger charge is 2.19. The first-order valence-corrected chi connectivity index (χ1v) is 15.6. The lowest BCUT2D eigenvalue weighted by Crippen LogP contribution is -1.97. The maximum atomic E-state index is 5.34. The Hall–Kier alpha value is -5.58. The second-order valence-corrected chi connectivity index (χ2v) is 12.0. The van der Waals surface area contributed by atoms with E-state index >= 15 is 0 Å². The van der Waals surface area contributed by atoms with Gasteiger partial charge in [-0.05, 0) is 42.5 Å². The second kappa shape index (κ2) is 10.0. The second-order valence-electron chi connectivity index (χ2n) is 11.0. The fourth-order valence-corrected chi connectivity index (χ4v) is 7.69. The van der Waals surface area contributed by atoms with Crippen LogP contribution in [0.2, 0.25) is 0 Å². The molecule has 0 radical (unpaired) electrons. The van der Waals surface area contributed by atoms with Gasteiger partial charge in [-0.25, -0.2) is 9.97 Å². The van der Waals surface area contributed by atoms with Gasteiger partial charge in [0.05, 0.1) is 22.4 Å². The number of thiophene rings is 1. The van der Waals surface area contributed by atoms with E-state index in [9.17, 15) is 0 Å². The summed E-state index contributed by atoms with van der Waals surface area (Å²) in [4.78, 5) is 10.6. The van der Waals surface area contributed by atoms with Crippen LogP contribution in [0.4, 0.5) is 0 Å². The molecule has 0 bridgehead atoms. The van der Waals surface area contributed by atoms with Gasteiger partial charge in [-0.15, -0.1) is 11.3 Å². The van der Waals surface area contributed by atoms with Crippen molar-refractivity contribution < 1.29 is 0 Å². The molecule has 4 heteroatoms. The molecule has 3 heterocycles. The van der Waals surface area contributed by atoms with Gasteiger partial charge in [0.25, 0.3) is 0 Å². The molecular formula is C40H25N3S. The van der Waals surface area contributed by atoms with Crippen molar-refractivity contribution in [3.63, 3.8) is 0 Å². The van der Waals surface area contributed by atoms with Crippen LogP contribution in [0.25, 0.3) is 81.6 Å². The lowest BCUT2D eigenvalue weighted by atomic mass is 10.0. The molecule has 0 N–H and O–H groups in total. The molecule has 44 heavy (non-hydrogen) atoms. The van der Waals surface area contributed by atoms with Crippen molar-refractivity contribution in [3.05, 3.63) is 152 Å². The highest BCUT2D eigenvalue weighted by Crippen LogP contribution is 2.42. The third kappa shape index (κ3) is 3.89. The predicted molar refractivity (Wildman–Crippen MR) is 186 cm³/mol. The van der Waals surface area contributed by atoms with E-state index in [1.54, 1.807) is 0 Å². The van der Waals surface area contributed by atoms with E-state index in [1.807, 2.05) is 17.4 Å². The molecule has 0 spiro atoms. The molecule has 9 rings (SSSR count). The minimum atomic E-state index is 0.738. The number of fused-ring (bicyclic) bond motifs is 6. The van der Waals surface area contributed by atoms with Gasteiger partial charge in [0.1, 0.15) is 0 Å². The summed E-state index contributed by atoms with van der Waals surface area (Å²) < 4.78 is 4.84. The predicted octanol–water partition coefficient (Wildman–Crippen LogP) is 10.9. The number of rotatable bonds is 4. The zero-order valence-electron chi connectivity index (χ0n) is 23.7. The number of nitrogens with zero attached hydrogens (tertiary/aromatic N) is 3. The number of hydrogen-bond acceptors (Lipinski definition) is 3. The quantitative estimate of drug-likeness (QED) is 0.208. The summed E-state index contributed by atoms with van der Waals surface area (Å²) in [5, 5.41) is 4.91. The van der Waals surface area contributed by atoms with Crippen molar-refractivity contribution in [2.45, 2.75) is 0 Å². The Balaban J connectivity index is 1.35. The Morgan fingerprint density at radius 2 is 1.11 bits per heavy atom. The Labute approximate surface area is 258 Å². The molecule has 0 aliphatic rings. The van der Waals surface area contributed by atoms with Gasteiger partial charge in [0.2, 0.25) is 0 Å². The molecule has 0 atom stereocenters. The first-order valence-electron chi connectivity index (χ1n) is 14.8. The summed E-state index contributed by atoms with van der Waals surface area (Å²) in [6.45, 7) is 0. The summed E-state index contributed by atoms with van der Waals surface area (Å²) in [5.74, 6) is 0.738. The molecule has 206 valence electrons.